The van der Waals surface area contributed by atoms with Crippen molar-refractivity contribution in [2.45, 2.75) is 78.5 Å². The molecule has 0 saturated carbocycles. The first-order valence-corrected chi connectivity index (χ1v) is 19.2. The minimum absolute atomic E-state index is 0.0615. The van der Waals surface area contributed by atoms with Crippen molar-refractivity contribution in [3.05, 3.63) is 131 Å². The Morgan fingerprint density at radius 1 is 0.719 bits per heavy atom. The molecule has 0 aliphatic carbocycles. The molecule has 5 aromatic rings. The van der Waals surface area contributed by atoms with E-state index in [1.165, 1.54) is 25.7 Å². The van der Waals surface area contributed by atoms with Gasteiger partial charge in [0.15, 0.2) is 7.28 Å². The van der Waals surface area contributed by atoms with Crippen molar-refractivity contribution in [2.75, 3.05) is 20.2 Å². The Balaban J connectivity index is 0.00000232. The minimum atomic E-state index is -4.57. The largest absolute Gasteiger partial charge is 0.502 e. The third kappa shape index (κ3) is 12.0. The van der Waals surface area contributed by atoms with E-state index in [0.717, 1.165) is 62.6 Å². The molecular weight excluding hydrogens is 740 g/mol. The van der Waals surface area contributed by atoms with Crippen LogP contribution >= 0.6 is 0 Å². The lowest BCUT2D eigenvalue weighted by Gasteiger charge is -2.28. The molecule has 0 saturated heterocycles. The summed E-state index contributed by atoms with van der Waals surface area (Å²) < 4.78 is 88.0. The number of benzene rings is 5. The Morgan fingerprint density at radius 2 is 1.14 bits per heavy atom. The van der Waals surface area contributed by atoms with Crippen LogP contribution in [0, 0.1) is 0 Å². The summed E-state index contributed by atoms with van der Waals surface area (Å²) in [5, 5.41) is 13.7. The molecule has 13 heteroatoms. The third-order valence-electron chi connectivity index (χ3n) is 9.88. The van der Waals surface area contributed by atoms with Crippen molar-refractivity contribution < 1.29 is 40.9 Å². The topological polar surface area (TPSA) is 53.0 Å². The van der Waals surface area contributed by atoms with Crippen LogP contribution in [0.15, 0.2) is 97.3 Å². The fourth-order valence-corrected chi connectivity index (χ4v) is 7.02. The number of fused-ring (bicyclic) bond motifs is 2. The van der Waals surface area contributed by atoms with Crippen LogP contribution in [-0.2, 0) is 48.1 Å². The Labute approximate surface area is 332 Å². The van der Waals surface area contributed by atoms with Crippen LogP contribution < -0.4 is 10.9 Å². The predicted molar refractivity (Wildman–Crippen MR) is 222 cm³/mol. The zero-order chi connectivity index (χ0) is 41.8. The SMILES string of the molecule is C=C(CCN(Cc1cc(C(F)(F)F)ccc1BC)Cc1c2ccccc2c(CN(CCC=O)Cc2cc(C(F)(F)F)ccc2BO)c2ccccc12)OC.CCC. The van der Waals surface area contributed by atoms with Gasteiger partial charge < -0.3 is 14.6 Å². The highest BCUT2D eigenvalue weighted by Gasteiger charge is 2.32. The first-order valence-electron chi connectivity index (χ1n) is 19.2. The maximum absolute atomic E-state index is 13.8. The highest BCUT2D eigenvalue weighted by molar-refractivity contribution is 6.52. The molecule has 0 spiro atoms. The number of halogens is 6. The van der Waals surface area contributed by atoms with Crippen LogP contribution in [0.3, 0.4) is 0 Å². The molecule has 5 nitrogen and oxygen atoms in total. The average molecular weight is 791 g/mol. The molecule has 5 rings (SSSR count). The fraction of sp³-hybridized carbons (Fsp3) is 0.341. The summed E-state index contributed by atoms with van der Waals surface area (Å²) in [4.78, 5) is 15.6. The van der Waals surface area contributed by atoms with Gasteiger partial charge in [0, 0.05) is 52.1 Å². The monoisotopic (exact) mass is 790 g/mol. The first kappa shape index (κ1) is 45.1. The van der Waals surface area contributed by atoms with Crippen molar-refractivity contribution >= 4 is 53.5 Å². The fourth-order valence-electron chi connectivity index (χ4n) is 7.02. The maximum Gasteiger partial charge on any atom is 0.416 e. The number of hydrogen-bond donors (Lipinski definition) is 1. The first-order chi connectivity index (χ1) is 27.2. The van der Waals surface area contributed by atoms with E-state index >= 15 is 0 Å². The molecule has 0 aromatic heterocycles. The number of hydrogen-bond acceptors (Lipinski definition) is 5. The van der Waals surface area contributed by atoms with Gasteiger partial charge in [-0.05, 0) is 61.4 Å². The molecule has 0 amide bonds. The van der Waals surface area contributed by atoms with Crippen LogP contribution in [0.25, 0.3) is 21.5 Å². The van der Waals surface area contributed by atoms with Crippen LogP contribution in [0.5, 0.6) is 0 Å². The van der Waals surface area contributed by atoms with Gasteiger partial charge in [0.2, 0.25) is 0 Å². The summed E-state index contributed by atoms with van der Waals surface area (Å²) in [6, 6.07) is 22.8. The van der Waals surface area contributed by atoms with E-state index in [1.54, 1.807) is 6.07 Å². The van der Waals surface area contributed by atoms with Gasteiger partial charge >= 0.3 is 19.8 Å². The lowest BCUT2D eigenvalue weighted by molar-refractivity contribution is -0.138. The molecule has 0 heterocycles. The summed E-state index contributed by atoms with van der Waals surface area (Å²) in [7, 11) is 1.65. The Morgan fingerprint density at radius 3 is 1.53 bits per heavy atom. The molecular formula is C44H50B2F6N2O3. The third-order valence-corrected chi connectivity index (χ3v) is 9.88. The number of carbonyl (C=O) groups excluding carboxylic acids is 1. The zero-order valence-corrected chi connectivity index (χ0v) is 33.1. The maximum atomic E-state index is 13.8. The Kier molecular flexibility index (Phi) is 16.4. The van der Waals surface area contributed by atoms with E-state index in [0.29, 0.717) is 49.1 Å². The number of ether oxygens (including phenoxy) is 1. The van der Waals surface area contributed by atoms with E-state index in [9.17, 15) is 36.2 Å². The van der Waals surface area contributed by atoms with Gasteiger partial charge in [-0.15, -0.1) is 0 Å². The number of nitrogens with zero attached hydrogens (tertiary/aromatic N) is 2. The number of rotatable bonds is 17. The number of alkyl halides is 6. The van der Waals surface area contributed by atoms with Crippen molar-refractivity contribution in [2.24, 2.45) is 0 Å². The molecule has 0 aliphatic rings. The molecule has 0 radical (unpaired) electrons. The van der Waals surface area contributed by atoms with Crippen LogP contribution in [-0.4, -0.2) is 56.1 Å². The average Bonchev–Trinajstić information content (AvgIpc) is 3.19. The molecule has 0 aliphatic heterocycles. The second kappa shape index (κ2) is 20.7. The predicted octanol–water partition coefficient (Wildman–Crippen LogP) is 8.67. The normalized spacial score (nSPS) is 11.8. The Hall–Kier alpha value is -4.58. The molecule has 5 aromatic carbocycles. The summed E-state index contributed by atoms with van der Waals surface area (Å²) >= 11 is 0. The molecule has 0 bridgehead atoms. The van der Waals surface area contributed by atoms with Crippen molar-refractivity contribution in [1.82, 2.24) is 9.80 Å². The van der Waals surface area contributed by atoms with E-state index in [4.69, 9.17) is 4.74 Å². The number of carbonyl (C=O) groups is 1. The summed E-state index contributed by atoms with van der Waals surface area (Å²) in [5.41, 5.74) is 2.46. The minimum Gasteiger partial charge on any atom is -0.502 e. The smallest absolute Gasteiger partial charge is 0.416 e. The standard InChI is InChI=1S/C41H42B2F6N2O3.C3H8/c1-27(54-3)17-19-51(23-28-21-30(40(44,45)46)13-15-38(28)42-2)26-37-34-11-6-4-9-32(34)36(33-10-5-7-12-35(33)37)25-50(18-8-20-52)24-29-22-31(41(47,48)49)14-16-39(29)43-53;1-3-2/h4-7,9-16,20-22,42-43,53H,1,8,17-19,23-26H2,2-3H3;3H2,1-2H3. The van der Waals surface area contributed by atoms with Crippen molar-refractivity contribution in [1.29, 1.82) is 0 Å². The van der Waals surface area contributed by atoms with E-state index in [2.05, 4.69) is 25.3 Å². The van der Waals surface area contributed by atoms with Crippen LogP contribution in [0.4, 0.5) is 26.3 Å². The van der Waals surface area contributed by atoms with E-state index < -0.39 is 31.0 Å². The molecule has 1 N–H and O–H groups in total. The highest BCUT2D eigenvalue weighted by atomic mass is 19.4. The highest BCUT2D eigenvalue weighted by Crippen LogP contribution is 2.36. The van der Waals surface area contributed by atoms with Crippen LogP contribution in [0.2, 0.25) is 6.82 Å². The summed E-state index contributed by atoms with van der Waals surface area (Å²) in [5.74, 6) is 0.547. The van der Waals surface area contributed by atoms with Gasteiger partial charge in [-0.1, -0.05) is 112 Å². The second-order valence-corrected chi connectivity index (χ2v) is 14.1. The second-order valence-electron chi connectivity index (χ2n) is 14.1. The van der Waals surface area contributed by atoms with Crippen molar-refractivity contribution in [3.8, 4) is 0 Å². The van der Waals surface area contributed by atoms with Gasteiger partial charge in [-0.3, -0.25) is 9.80 Å². The van der Waals surface area contributed by atoms with Gasteiger partial charge in [0.05, 0.1) is 24.0 Å². The van der Waals surface area contributed by atoms with Gasteiger partial charge in [-0.2, -0.15) is 26.3 Å². The molecule has 57 heavy (non-hydrogen) atoms. The Bertz CT molecular complexity index is 2070. The van der Waals surface area contributed by atoms with Crippen LogP contribution in [0.1, 0.15) is 66.5 Å². The van der Waals surface area contributed by atoms with E-state index in [-0.39, 0.29) is 32.6 Å². The number of aldehydes is 1. The van der Waals surface area contributed by atoms with Gasteiger partial charge in [0.1, 0.15) is 6.29 Å². The lowest BCUT2D eigenvalue weighted by Crippen LogP contribution is -2.30. The molecule has 0 fully saturated rings. The quantitative estimate of drug-likeness (QED) is 0.0336. The molecule has 302 valence electrons. The van der Waals surface area contributed by atoms with Gasteiger partial charge in [0.25, 0.3) is 0 Å². The molecule has 0 atom stereocenters. The van der Waals surface area contributed by atoms with Crippen molar-refractivity contribution in [3.63, 3.8) is 0 Å². The van der Waals surface area contributed by atoms with E-state index in [1.807, 2.05) is 60.3 Å². The van der Waals surface area contributed by atoms with Gasteiger partial charge in [-0.25, -0.2) is 0 Å². The molecule has 0 unspecified atom stereocenters. The number of methoxy groups -OCH3 is 1. The summed E-state index contributed by atoms with van der Waals surface area (Å²) in [6.45, 7) is 11.8. The lowest BCUT2D eigenvalue weighted by atomic mass is 9.70. The zero-order valence-electron chi connectivity index (χ0n) is 33.1. The summed E-state index contributed by atoms with van der Waals surface area (Å²) in [6.07, 6.45) is -6.42.